The number of halogens is 1. The molecule has 0 aliphatic carbocycles. The number of rotatable bonds is 6. The number of nitrogens with zero attached hydrogens (tertiary/aromatic N) is 1. The van der Waals surface area contributed by atoms with E-state index in [9.17, 15) is 0 Å². The predicted octanol–water partition coefficient (Wildman–Crippen LogP) is 2.84. The van der Waals surface area contributed by atoms with Gasteiger partial charge in [-0.3, -0.25) is 0 Å². The Hall–Kier alpha value is -0.640. The third-order valence-electron chi connectivity index (χ3n) is 2.30. The van der Waals surface area contributed by atoms with Gasteiger partial charge in [-0.1, -0.05) is 36.0 Å². The molecule has 0 amide bonds. The highest BCUT2D eigenvalue weighted by atomic mass is 35.5. The second-order valence-corrected chi connectivity index (χ2v) is 4.90. The molecule has 88 valence electrons. The fraction of sp³-hybridized carbons (Fsp3) is 0.417. The summed E-state index contributed by atoms with van der Waals surface area (Å²) in [6.45, 7) is 1.89. The van der Waals surface area contributed by atoms with Crippen molar-refractivity contribution >= 4 is 28.8 Å². The summed E-state index contributed by atoms with van der Waals surface area (Å²) in [5.41, 5.74) is 6.67. The van der Waals surface area contributed by atoms with E-state index in [1.165, 1.54) is 5.56 Å². The normalized spacial score (nSPS) is 10.7. The van der Waals surface area contributed by atoms with Gasteiger partial charge < -0.3 is 10.6 Å². The van der Waals surface area contributed by atoms with Crippen molar-refractivity contribution in [2.24, 2.45) is 5.73 Å². The molecule has 0 unspecified atom stereocenters. The first-order chi connectivity index (χ1) is 7.58. The SMILES string of the molecule is CN(CCCC(N)=S)Cc1cccc(Cl)c1. The summed E-state index contributed by atoms with van der Waals surface area (Å²) in [7, 11) is 2.08. The van der Waals surface area contributed by atoms with E-state index < -0.39 is 0 Å². The minimum Gasteiger partial charge on any atom is -0.393 e. The van der Waals surface area contributed by atoms with E-state index in [-0.39, 0.29) is 0 Å². The van der Waals surface area contributed by atoms with E-state index in [1.807, 2.05) is 18.2 Å². The first-order valence-corrected chi connectivity index (χ1v) is 6.08. The molecule has 0 aliphatic rings. The lowest BCUT2D eigenvalue weighted by atomic mass is 10.2. The van der Waals surface area contributed by atoms with Crippen LogP contribution in [0.2, 0.25) is 5.02 Å². The van der Waals surface area contributed by atoms with Crippen molar-refractivity contribution in [3.8, 4) is 0 Å². The molecule has 0 bridgehead atoms. The fourth-order valence-electron chi connectivity index (χ4n) is 1.55. The summed E-state index contributed by atoms with van der Waals surface area (Å²) >= 11 is 10.8. The molecule has 2 nitrogen and oxygen atoms in total. The summed E-state index contributed by atoms with van der Waals surface area (Å²) in [6, 6.07) is 7.93. The number of nitrogens with two attached hydrogens (primary N) is 1. The summed E-state index contributed by atoms with van der Waals surface area (Å²) in [5.74, 6) is 0. The summed E-state index contributed by atoms with van der Waals surface area (Å²) in [6.07, 6.45) is 1.82. The largest absolute Gasteiger partial charge is 0.393 e. The van der Waals surface area contributed by atoms with Crippen LogP contribution in [0.1, 0.15) is 18.4 Å². The van der Waals surface area contributed by atoms with Gasteiger partial charge in [-0.05, 0) is 44.1 Å². The smallest absolute Gasteiger partial charge is 0.0727 e. The zero-order valence-electron chi connectivity index (χ0n) is 9.45. The molecule has 2 N–H and O–H groups in total. The molecule has 0 saturated heterocycles. The topological polar surface area (TPSA) is 29.3 Å². The quantitative estimate of drug-likeness (QED) is 0.794. The molecule has 16 heavy (non-hydrogen) atoms. The highest BCUT2D eigenvalue weighted by molar-refractivity contribution is 7.80. The second-order valence-electron chi connectivity index (χ2n) is 3.94. The Kier molecular flexibility index (Phi) is 5.74. The van der Waals surface area contributed by atoms with Crippen molar-refractivity contribution in [3.63, 3.8) is 0 Å². The van der Waals surface area contributed by atoms with Crippen LogP contribution in [-0.4, -0.2) is 23.5 Å². The number of benzene rings is 1. The highest BCUT2D eigenvalue weighted by Gasteiger charge is 2.01. The Morgan fingerprint density at radius 1 is 1.50 bits per heavy atom. The molecule has 0 heterocycles. The molecule has 0 atom stereocenters. The maximum atomic E-state index is 5.92. The summed E-state index contributed by atoms with van der Waals surface area (Å²) < 4.78 is 0. The standard InChI is InChI=1S/C12H17ClN2S/c1-15(7-3-6-12(14)16)9-10-4-2-5-11(13)8-10/h2,4-5,8H,3,6-7,9H2,1H3,(H2,14,16). The Labute approximate surface area is 107 Å². The van der Waals surface area contributed by atoms with Crippen LogP contribution in [0.4, 0.5) is 0 Å². The van der Waals surface area contributed by atoms with Crippen molar-refractivity contribution < 1.29 is 0 Å². The van der Waals surface area contributed by atoms with Crippen molar-refractivity contribution in [2.75, 3.05) is 13.6 Å². The molecule has 1 aromatic rings. The average molecular weight is 257 g/mol. The minimum absolute atomic E-state index is 0.594. The van der Waals surface area contributed by atoms with E-state index >= 15 is 0 Å². The van der Waals surface area contributed by atoms with Crippen molar-refractivity contribution in [2.45, 2.75) is 19.4 Å². The summed E-state index contributed by atoms with van der Waals surface area (Å²) in [4.78, 5) is 2.83. The molecule has 0 saturated carbocycles. The van der Waals surface area contributed by atoms with Gasteiger partial charge in [0.2, 0.25) is 0 Å². The number of hydrogen-bond acceptors (Lipinski definition) is 2. The van der Waals surface area contributed by atoms with Crippen LogP contribution >= 0.6 is 23.8 Å². The molecule has 0 aromatic heterocycles. The van der Waals surface area contributed by atoms with Crippen molar-refractivity contribution in [1.29, 1.82) is 0 Å². The lowest BCUT2D eigenvalue weighted by Gasteiger charge is -2.16. The maximum Gasteiger partial charge on any atom is 0.0727 e. The van der Waals surface area contributed by atoms with Crippen molar-refractivity contribution in [1.82, 2.24) is 4.90 Å². The van der Waals surface area contributed by atoms with E-state index in [0.29, 0.717) is 4.99 Å². The predicted molar refractivity (Wildman–Crippen MR) is 73.8 cm³/mol. The third-order valence-corrected chi connectivity index (χ3v) is 2.74. The highest BCUT2D eigenvalue weighted by Crippen LogP contribution is 2.12. The third kappa shape index (κ3) is 5.45. The lowest BCUT2D eigenvalue weighted by Crippen LogP contribution is -2.20. The first kappa shape index (κ1) is 13.4. The Morgan fingerprint density at radius 2 is 2.25 bits per heavy atom. The maximum absolute atomic E-state index is 5.92. The van der Waals surface area contributed by atoms with Crippen molar-refractivity contribution in [3.05, 3.63) is 34.9 Å². The Bertz CT molecular complexity index is 355. The van der Waals surface area contributed by atoms with Gasteiger partial charge in [0, 0.05) is 11.6 Å². The molecule has 0 radical (unpaired) electrons. The van der Waals surface area contributed by atoms with E-state index in [1.54, 1.807) is 0 Å². The zero-order chi connectivity index (χ0) is 12.0. The minimum atomic E-state index is 0.594. The molecule has 0 fully saturated rings. The zero-order valence-corrected chi connectivity index (χ0v) is 11.0. The molecule has 4 heteroatoms. The van der Waals surface area contributed by atoms with Crippen LogP contribution in [0.25, 0.3) is 0 Å². The number of hydrogen-bond donors (Lipinski definition) is 1. The second kappa shape index (κ2) is 6.84. The lowest BCUT2D eigenvalue weighted by molar-refractivity contribution is 0.324. The molecule has 0 aliphatic heterocycles. The van der Waals surface area contributed by atoms with Crippen LogP contribution < -0.4 is 5.73 Å². The van der Waals surface area contributed by atoms with Gasteiger partial charge in [0.15, 0.2) is 0 Å². The first-order valence-electron chi connectivity index (χ1n) is 5.29. The Morgan fingerprint density at radius 3 is 2.88 bits per heavy atom. The van der Waals surface area contributed by atoms with Gasteiger partial charge in [0.05, 0.1) is 4.99 Å². The van der Waals surface area contributed by atoms with Crippen LogP contribution in [0.15, 0.2) is 24.3 Å². The average Bonchev–Trinajstić information content (AvgIpc) is 2.16. The van der Waals surface area contributed by atoms with Gasteiger partial charge in [0.25, 0.3) is 0 Å². The molecule has 1 rings (SSSR count). The monoisotopic (exact) mass is 256 g/mol. The fourth-order valence-corrected chi connectivity index (χ4v) is 1.91. The number of thiocarbonyl (C=S) groups is 1. The molecule has 0 spiro atoms. The van der Waals surface area contributed by atoms with Gasteiger partial charge in [-0.2, -0.15) is 0 Å². The van der Waals surface area contributed by atoms with Gasteiger partial charge in [-0.15, -0.1) is 0 Å². The Balaban J connectivity index is 2.33. The van der Waals surface area contributed by atoms with Gasteiger partial charge >= 0.3 is 0 Å². The van der Waals surface area contributed by atoms with E-state index in [0.717, 1.165) is 31.0 Å². The van der Waals surface area contributed by atoms with Gasteiger partial charge in [-0.25, -0.2) is 0 Å². The molecular formula is C12H17ClN2S. The van der Waals surface area contributed by atoms with Crippen LogP contribution in [0.3, 0.4) is 0 Å². The van der Waals surface area contributed by atoms with Crippen LogP contribution in [0.5, 0.6) is 0 Å². The van der Waals surface area contributed by atoms with Crippen LogP contribution in [0, 0.1) is 0 Å². The van der Waals surface area contributed by atoms with E-state index in [2.05, 4.69) is 18.0 Å². The molecule has 1 aromatic carbocycles. The van der Waals surface area contributed by atoms with E-state index in [4.69, 9.17) is 29.6 Å². The van der Waals surface area contributed by atoms with Crippen LogP contribution in [-0.2, 0) is 6.54 Å². The molecular weight excluding hydrogens is 240 g/mol. The summed E-state index contributed by atoms with van der Waals surface area (Å²) in [5, 5.41) is 0.786. The van der Waals surface area contributed by atoms with Gasteiger partial charge in [0.1, 0.15) is 0 Å².